The summed E-state index contributed by atoms with van der Waals surface area (Å²) in [5.41, 5.74) is 3.14. The molecule has 3 amide bonds. The number of carbonyl (C=O) groups is 2. The number of amides is 3. The van der Waals surface area contributed by atoms with E-state index in [1.54, 1.807) is 7.11 Å². The van der Waals surface area contributed by atoms with Crippen LogP contribution in [0.25, 0.3) is 16.9 Å². The van der Waals surface area contributed by atoms with Gasteiger partial charge in [-0.25, -0.2) is 9.78 Å². The fourth-order valence-electron chi connectivity index (χ4n) is 4.26. The van der Waals surface area contributed by atoms with Crippen molar-refractivity contribution < 1.29 is 19.1 Å². The molecule has 3 aromatic rings. The average Bonchev–Trinajstić information content (AvgIpc) is 3.53. The highest BCUT2D eigenvalue weighted by Gasteiger charge is 2.27. The summed E-state index contributed by atoms with van der Waals surface area (Å²) in [4.78, 5) is 32.6. The SMILES string of the molecule is COc1ccc(-c2cn(-c3ccc(C)cc3)c(NC(=O)CN(C[C@@H]3CCCO3)C(=O)NC(C)(C)C)n2)cc1. The van der Waals surface area contributed by atoms with Gasteiger partial charge in [0.25, 0.3) is 0 Å². The normalized spacial score (nSPS) is 15.2. The number of rotatable bonds is 8. The Morgan fingerprint density at radius 1 is 1.13 bits per heavy atom. The Balaban J connectivity index is 1.58. The van der Waals surface area contributed by atoms with Crippen LogP contribution in [0.4, 0.5) is 10.7 Å². The maximum absolute atomic E-state index is 13.3. The van der Waals surface area contributed by atoms with Crippen LogP contribution in [0.15, 0.2) is 54.7 Å². The average molecular weight is 520 g/mol. The van der Waals surface area contributed by atoms with Crippen molar-refractivity contribution in [1.29, 1.82) is 0 Å². The molecular formula is C29H37N5O4. The molecule has 1 saturated heterocycles. The van der Waals surface area contributed by atoms with Crippen molar-refractivity contribution in [3.8, 4) is 22.7 Å². The van der Waals surface area contributed by atoms with Gasteiger partial charge in [0.1, 0.15) is 12.3 Å². The molecule has 1 aliphatic rings. The monoisotopic (exact) mass is 519 g/mol. The van der Waals surface area contributed by atoms with Gasteiger partial charge in [0, 0.05) is 36.1 Å². The van der Waals surface area contributed by atoms with E-state index in [0.29, 0.717) is 24.8 Å². The molecule has 1 aliphatic heterocycles. The number of methoxy groups -OCH3 is 1. The van der Waals surface area contributed by atoms with E-state index >= 15 is 0 Å². The second kappa shape index (κ2) is 11.7. The molecule has 2 heterocycles. The van der Waals surface area contributed by atoms with Gasteiger partial charge in [0.15, 0.2) is 0 Å². The Bertz CT molecular complexity index is 1240. The number of anilines is 1. The zero-order valence-electron chi connectivity index (χ0n) is 22.8. The zero-order chi connectivity index (χ0) is 27.3. The summed E-state index contributed by atoms with van der Waals surface area (Å²) in [6.07, 6.45) is 3.63. The van der Waals surface area contributed by atoms with E-state index in [9.17, 15) is 9.59 Å². The number of nitrogens with one attached hydrogen (secondary N) is 2. The van der Waals surface area contributed by atoms with Crippen LogP contribution in [0, 0.1) is 6.92 Å². The Morgan fingerprint density at radius 3 is 2.45 bits per heavy atom. The Labute approximate surface area is 224 Å². The lowest BCUT2D eigenvalue weighted by atomic mass is 10.1. The molecule has 0 spiro atoms. The third-order valence-corrected chi connectivity index (χ3v) is 6.21. The molecule has 4 rings (SSSR count). The van der Waals surface area contributed by atoms with Gasteiger partial charge in [-0.1, -0.05) is 17.7 Å². The number of hydrogen-bond acceptors (Lipinski definition) is 5. The molecule has 38 heavy (non-hydrogen) atoms. The van der Waals surface area contributed by atoms with Crippen LogP contribution in [0.3, 0.4) is 0 Å². The smallest absolute Gasteiger partial charge is 0.318 e. The highest BCUT2D eigenvalue weighted by molar-refractivity contribution is 5.93. The van der Waals surface area contributed by atoms with Gasteiger partial charge < -0.3 is 19.7 Å². The highest BCUT2D eigenvalue weighted by Crippen LogP contribution is 2.26. The van der Waals surface area contributed by atoms with Gasteiger partial charge in [0.2, 0.25) is 11.9 Å². The molecule has 1 fully saturated rings. The molecule has 0 radical (unpaired) electrons. The van der Waals surface area contributed by atoms with E-state index in [1.807, 2.05) is 87.0 Å². The summed E-state index contributed by atoms with van der Waals surface area (Å²) in [5.74, 6) is 0.783. The van der Waals surface area contributed by atoms with Crippen molar-refractivity contribution in [3.05, 3.63) is 60.3 Å². The molecule has 0 unspecified atom stereocenters. The quantitative estimate of drug-likeness (QED) is 0.446. The van der Waals surface area contributed by atoms with Gasteiger partial charge in [0.05, 0.1) is 18.9 Å². The lowest BCUT2D eigenvalue weighted by Crippen LogP contribution is -2.52. The first-order valence-corrected chi connectivity index (χ1v) is 12.9. The fourth-order valence-corrected chi connectivity index (χ4v) is 4.26. The number of imidazole rings is 1. The maximum Gasteiger partial charge on any atom is 0.318 e. The molecule has 2 N–H and O–H groups in total. The van der Waals surface area contributed by atoms with Crippen LogP contribution < -0.4 is 15.4 Å². The van der Waals surface area contributed by atoms with Crippen LogP contribution >= 0.6 is 0 Å². The number of ether oxygens (including phenoxy) is 2. The number of hydrogen-bond donors (Lipinski definition) is 2. The molecule has 9 nitrogen and oxygen atoms in total. The van der Waals surface area contributed by atoms with E-state index in [0.717, 1.165) is 35.4 Å². The van der Waals surface area contributed by atoms with Gasteiger partial charge in [-0.2, -0.15) is 0 Å². The van der Waals surface area contributed by atoms with Crippen molar-refractivity contribution in [2.24, 2.45) is 0 Å². The molecule has 1 aromatic heterocycles. The number of urea groups is 1. The number of nitrogens with zero attached hydrogens (tertiary/aromatic N) is 3. The first-order valence-electron chi connectivity index (χ1n) is 12.9. The van der Waals surface area contributed by atoms with E-state index in [1.165, 1.54) is 4.90 Å². The largest absolute Gasteiger partial charge is 0.497 e. The Hall–Kier alpha value is -3.85. The van der Waals surface area contributed by atoms with Crippen molar-refractivity contribution in [1.82, 2.24) is 19.8 Å². The third-order valence-electron chi connectivity index (χ3n) is 6.21. The Morgan fingerprint density at radius 2 is 1.84 bits per heavy atom. The predicted molar refractivity (Wildman–Crippen MR) is 148 cm³/mol. The molecule has 9 heteroatoms. The molecular weight excluding hydrogens is 482 g/mol. The maximum atomic E-state index is 13.3. The third kappa shape index (κ3) is 7.13. The van der Waals surface area contributed by atoms with Gasteiger partial charge >= 0.3 is 6.03 Å². The van der Waals surface area contributed by atoms with Crippen LogP contribution in [-0.2, 0) is 9.53 Å². The lowest BCUT2D eigenvalue weighted by molar-refractivity contribution is -0.117. The number of aromatic nitrogens is 2. The Kier molecular flexibility index (Phi) is 8.36. The van der Waals surface area contributed by atoms with Crippen LogP contribution in [0.5, 0.6) is 5.75 Å². The number of carbonyl (C=O) groups excluding carboxylic acids is 2. The standard InChI is InChI=1S/C29H37N5O4/c1-20-8-12-22(13-9-20)34-18-25(21-10-14-23(37-5)15-11-21)30-27(34)31-26(35)19-33(17-24-7-6-16-38-24)28(36)32-29(2,3)4/h8-15,18,24H,6-7,16-17,19H2,1-5H3,(H,32,36)(H,30,31,35)/t24-/m0/s1. The second-order valence-corrected chi connectivity index (χ2v) is 10.6. The molecule has 2 aromatic carbocycles. The van der Waals surface area contributed by atoms with Crippen LogP contribution in [0.2, 0.25) is 0 Å². The minimum Gasteiger partial charge on any atom is -0.497 e. The molecule has 0 aliphatic carbocycles. The van der Waals surface area contributed by atoms with Crippen molar-refractivity contribution in [2.45, 2.75) is 52.2 Å². The topological polar surface area (TPSA) is 97.7 Å². The van der Waals surface area contributed by atoms with Crippen LogP contribution in [-0.4, -0.2) is 64.8 Å². The van der Waals surface area contributed by atoms with E-state index in [2.05, 4.69) is 10.6 Å². The predicted octanol–water partition coefficient (Wildman–Crippen LogP) is 4.78. The first kappa shape index (κ1) is 27.2. The lowest BCUT2D eigenvalue weighted by Gasteiger charge is -2.29. The summed E-state index contributed by atoms with van der Waals surface area (Å²) in [6, 6.07) is 15.3. The highest BCUT2D eigenvalue weighted by atomic mass is 16.5. The fraction of sp³-hybridized carbons (Fsp3) is 0.414. The van der Waals surface area contributed by atoms with Gasteiger partial charge in [-0.3, -0.25) is 14.7 Å². The minimum absolute atomic E-state index is 0.0789. The van der Waals surface area contributed by atoms with Crippen molar-refractivity contribution >= 4 is 17.9 Å². The summed E-state index contributed by atoms with van der Waals surface area (Å²) in [7, 11) is 1.62. The molecule has 1 atom stereocenters. The van der Waals surface area contributed by atoms with Gasteiger partial charge in [-0.15, -0.1) is 0 Å². The van der Waals surface area contributed by atoms with Crippen LogP contribution in [0.1, 0.15) is 39.2 Å². The summed E-state index contributed by atoms with van der Waals surface area (Å²) < 4.78 is 12.9. The van der Waals surface area contributed by atoms with E-state index in [-0.39, 0.29) is 24.6 Å². The van der Waals surface area contributed by atoms with Crippen molar-refractivity contribution in [2.75, 3.05) is 32.1 Å². The summed E-state index contributed by atoms with van der Waals surface area (Å²) in [6.45, 7) is 8.65. The van der Waals surface area contributed by atoms with E-state index in [4.69, 9.17) is 14.5 Å². The zero-order valence-corrected chi connectivity index (χ0v) is 22.8. The van der Waals surface area contributed by atoms with Gasteiger partial charge in [-0.05, 0) is 76.9 Å². The van der Waals surface area contributed by atoms with Crippen molar-refractivity contribution in [3.63, 3.8) is 0 Å². The molecule has 0 bridgehead atoms. The number of benzene rings is 2. The first-order chi connectivity index (χ1) is 18.1. The molecule has 202 valence electrons. The van der Waals surface area contributed by atoms with E-state index < -0.39 is 5.54 Å². The summed E-state index contributed by atoms with van der Waals surface area (Å²) >= 11 is 0. The molecule has 0 saturated carbocycles. The summed E-state index contributed by atoms with van der Waals surface area (Å²) in [5, 5.41) is 5.90. The second-order valence-electron chi connectivity index (χ2n) is 10.6. The minimum atomic E-state index is -0.433. The number of aryl methyl sites for hydroxylation is 1.